The van der Waals surface area contributed by atoms with Crippen molar-refractivity contribution in [3.63, 3.8) is 0 Å². The number of hydrogen-bond acceptors (Lipinski definition) is 6. The van der Waals surface area contributed by atoms with Gasteiger partial charge in [-0.15, -0.1) is 0 Å². The van der Waals surface area contributed by atoms with Crippen molar-refractivity contribution in [2.24, 2.45) is 0 Å². The van der Waals surface area contributed by atoms with Gasteiger partial charge in [0.1, 0.15) is 0 Å². The second-order valence-electron chi connectivity index (χ2n) is 8.15. The molecule has 1 fully saturated rings. The van der Waals surface area contributed by atoms with Crippen molar-refractivity contribution in [1.82, 2.24) is 15.1 Å². The number of amides is 1. The Labute approximate surface area is 186 Å². The molecule has 1 atom stereocenters. The Balaban J connectivity index is 1.40. The summed E-state index contributed by atoms with van der Waals surface area (Å²) in [7, 11) is -3.10. The third-order valence-electron chi connectivity index (χ3n) is 5.76. The highest BCUT2D eigenvalue weighted by atomic mass is 32.2. The van der Waals surface area contributed by atoms with Crippen molar-refractivity contribution in [2.45, 2.75) is 25.9 Å². The molecule has 0 radical (unpaired) electrons. The second-order valence-corrected chi connectivity index (χ2v) is 10.4. The zero-order valence-corrected chi connectivity index (χ0v) is 18.4. The van der Waals surface area contributed by atoms with Crippen molar-refractivity contribution < 1.29 is 22.7 Å². The molecule has 8 nitrogen and oxygen atoms in total. The minimum absolute atomic E-state index is 0.0335. The number of benzene rings is 2. The van der Waals surface area contributed by atoms with Crippen LogP contribution in [0.5, 0.6) is 11.5 Å². The number of carbonyl (C=O) groups excluding carboxylic acids is 1. The number of nitrogens with one attached hydrogen (secondary N) is 1. The molecule has 0 saturated carbocycles. The van der Waals surface area contributed by atoms with Crippen molar-refractivity contribution in [1.29, 1.82) is 0 Å². The van der Waals surface area contributed by atoms with Gasteiger partial charge in [-0.25, -0.2) is 8.42 Å². The number of aryl methyl sites for hydroxylation is 1. The molecule has 0 aliphatic carbocycles. The van der Waals surface area contributed by atoms with Crippen LogP contribution in [0.4, 0.5) is 0 Å². The van der Waals surface area contributed by atoms with Gasteiger partial charge in [-0.1, -0.05) is 35.9 Å². The van der Waals surface area contributed by atoms with Crippen LogP contribution >= 0.6 is 0 Å². The van der Waals surface area contributed by atoms with Gasteiger partial charge in [0.05, 0.1) is 23.2 Å². The first-order chi connectivity index (χ1) is 15.4. The zero-order valence-electron chi connectivity index (χ0n) is 17.6. The molecule has 0 bridgehead atoms. The lowest BCUT2D eigenvalue weighted by Gasteiger charge is -2.13. The molecule has 3 heterocycles. The van der Waals surface area contributed by atoms with Crippen molar-refractivity contribution in [3.8, 4) is 22.8 Å². The minimum atomic E-state index is -3.10. The van der Waals surface area contributed by atoms with E-state index in [1.54, 1.807) is 10.7 Å². The predicted molar refractivity (Wildman–Crippen MR) is 118 cm³/mol. The molecule has 166 valence electrons. The fourth-order valence-electron chi connectivity index (χ4n) is 4.02. The summed E-state index contributed by atoms with van der Waals surface area (Å²) >= 11 is 0. The number of sulfone groups is 1. The molecule has 1 saturated heterocycles. The van der Waals surface area contributed by atoms with Crippen LogP contribution in [-0.4, -0.2) is 42.4 Å². The van der Waals surface area contributed by atoms with E-state index >= 15 is 0 Å². The molecule has 0 spiro atoms. The van der Waals surface area contributed by atoms with Crippen LogP contribution < -0.4 is 14.8 Å². The Morgan fingerprint density at radius 2 is 1.91 bits per heavy atom. The van der Waals surface area contributed by atoms with E-state index in [-0.39, 0.29) is 35.9 Å². The molecule has 1 N–H and O–H groups in total. The molecule has 2 aromatic carbocycles. The quantitative estimate of drug-likeness (QED) is 0.638. The number of hydrogen-bond donors (Lipinski definition) is 1. The zero-order chi connectivity index (χ0) is 22.3. The summed E-state index contributed by atoms with van der Waals surface area (Å²) in [5.74, 6) is 1.19. The number of aromatic nitrogens is 2. The maximum Gasteiger partial charge on any atom is 0.272 e. The molecule has 1 aromatic heterocycles. The number of rotatable bonds is 5. The summed E-state index contributed by atoms with van der Waals surface area (Å²) in [5.41, 5.74) is 3.88. The van der Waals surface area contributed by atoms with Crippen LogP contribution in [0.2, 0.25) is 0 Å². The van der Waals surface area contributed by atoms with E-state index in [2.05, 4.69) is 10.4 Å². The van der Waals surface area contributed by atoms with E-state index in [4.69, 9.17) is 9.47 Å². The average molecular weight is 454 g/mol. The maximum atomic E-state index is 12.9. The van der Waals surface area contributed by atoms with E-state index in [1.165, 1.54) is 0 Å². The molecular formula is C23H23N3O5S. The molecule has 3 aromatic rings. The van der Waals surface area contributed by atoms with Crippen LogP contribution in [0.25, 0.3) is 11.3 Å². The first-order valence-electron chi connectivity index (χ1n) is 10.4. The van der Waals surface area contributed by atoms with Gasteiger partial charge >= 0.3 is 0 Å². The first kappa shape index (κ1) is 20.6. The van der Waals surface area contributed by atoms with Crippen LogP contribution in [0.1, 0.15) is 34.1 Å². The monoisotopic (exact) mass is 453 g/mol. The predicted octanol–water partition coefficient (Wildman–Crippen LogP) is 2.88. The first-order valence-corrected chi connectivity index (χ1v) is 12.2. The number of fused-ring (bicyclic) bond motifs is 1. The lowest BCUT2D eigenvalue weighted by Crippen LogP contribution is -2.24. The molecule has 1 amide bonds. The van der Waals surface area contributed by atoms with Crippen LogP contribution in [0.15, 0.2) is 48.5 Å². The van der Waals surface area contributed by atoms with Crippen molar-refractivity contribution in [3.05, 3.63) is 65.4 Å². The summed E-state index contributed by atoms with van der Waals surface area (Å²) in [6.45, 7) is 2.50. The Morgan fingerprint density at radius 1 is 1.12 bits per heavy atom. The van der Waals surface area contributed by atoms with E-state index in [0.29, 0.717) is 24.5 Å². The standard InChI is InChI=1S/C23H23N3O5S/c1-15-2-5-17(6-3-15)20-11-19(25-26(20)18-8-9-32(28,29)13-18)23(27)24-12-16-4-7-21-22(10-16)31-14-30-21/h2-7,10-11,18H,8-9,12-14H2,1H3,(H,24,27)/t18-/m0/s1. The Morgan fingerprint density at radius 3 is 2.66 bits per heavy atom. The topological polar surface area (TPSA) is 99.5 Å². The molecule has 9 heteroatoms. The van der Waals surface area contributed by atoms with Gasteiger partial charge in [-0.3, -0.25) is 9.48 Å². The van der Waals surface area contributed by atoms with Gasteiger partial charge in [0.25, 0.3) is 5.91 Å². The largest absolute Gasteiger partial charge is 0.454 e. The smallest absolute Gasteiger partial charge is 0.272 e. The van der Waals surface area contributed by atoms with Gasteiger partial charge in [-0.05, 0) is 42.7 Å². The third kappa shape index (κ3) is 4.08. The lowest BCUT2D eigenvalue weighted by atomic mass is 10.1. The van der Waals surface area contributed by atoms with Crippen molar-refractivity contribution >= 4 is 15.7 Å². The van der Waals surface area contributed by atoms with Crippen molar-refractivity contribution in [2.75, 3.05) is 18.3 Å². The van der Waals surface area contributed by atoms with Crippen LogP contribution in [0.3, 0.4) is 0 Å². The summed E-state index contributed by atoms with van der Waals surface area (Å²) in [5, 5.41) is 7.41. The second kappa shape index (κ2) is 7.98. The molecule has 2 aliphatic rings. The fourth-order valence-corrected chi connectivity index (χ4v) is 5.71. The summed E-state index contributed by atoms with van der Waals surface area (Å²) in [6.07, 6.45) is 0.487. The molecule has 5 rings (SSSR count). The Hall–Kier alpha value is -3.33. The fraction of sp³-hybridized carbons (Fsp3) is 0.304. The lowest BCUT2D eigenvalue weighted by molar-refractivity contribution is 0.0944. The Kier molecular flexibility index (Phi) is 5.13. The number of ether oxygens (including phenoxy) is 2. The molecule has 32 heavy (non-hydrogen) atoms. The minimum Gasteiger partial charge on any atom is -0.454 e. The SMILES string of the molecule is Cc1ccc(-c2cc(C(=O)NCc3ccc4c(c3)OCO4)nn2[C@H]2CCS(=O)(=O)C2)cc1. The van der Waals surface area contributed by atoms with Gasteiger partial charge in [-0.2, -0.15) is 5.10 Å². The van der Waals surface area contributed by atoms with Gasteiger partial charge in [0.2, 0.25) is 6.79 Å². The normalized spacial score (nSPS) is 18.6. The number of nitrogens with zero attached hydrogens (tertiary/aromatic N) is 2. The highest BCUT2D eigenvalue weighted by molar-refractivity contribution is 7.91. The summed E-state index contributed by atoms with van der Waals surface area (Å²) in [4.78, 5) is 12.9. The average Bonchev–Trinajstić information content (AvgIpc) is 3.50. The summed E-state index contributed by atoms with van der Waals surface area (Å²) < 4.78 is 36.5. The Bertz CT molecular complexity index is 1280. The molecular weight excluding hydrogens is 430 g/mol. The molecule has 2 aliphatic heterocycles. The van der Waals surface area contributed by atoms with Crippen LogP contribution in [0, 0.1) is 6.92 Å². The van der Waals surface area contributed by atoms with E-state index in [0.717, 1.165) is 22.4 Å². The van der Waals surface area contributed by atoms with E-state index in [1.807, 2.05) is 49.4 Å². The van der Waals surface area contributed by atoms with Gasteiger partial charge in [0, 0.05) is 6.54 Å². The van der Waals surface area contributed by atoms with Gasteiger partial charge < -0.3 is 14.8 Å². The van der Waals surface area contributed by atoms with E-state index in [9.17, 15) is 13.2 Å². The highest BCUT2D eigenvalue weighted by Crippen LogP contribution is 2.33. The number of carbonyl (C=O) groups is 1. The maximum absolute atomic E-state index is 12.9. The van der Waals surface area contributed by atoms with Crippen LogP contribution in [-0.2, 0) is 16.4 Å². The third-order valence-corrected chi connectivity index (χ3v) is 7.51. The van der Waals surface area contributed by atoms with E-state index < -0.39 is 9.84 Å². The van der Waals surface area contributed by atoms with Gasteiger partial charge in [0.15, 0.2) is 27.0 Å². The summed E-state index contributed by atoms with van der Waals surface area (Å²) in [6, 6.07) is 14.8. The highest BCUT2D eigenvalue weighted by Gasteiger charge is 2.32. The molecule has 0 unspecified atom stereocenters.